The average molecular weight is 420 g/mol. The van der Waals surface area contributed by atoms with Gasteiger partial charge in [0.05, 0.1) is 5.57 Å². The first-order valence-corrected chi connectivity index (χ1v) is 8.49. The van der Waals surface area contributed by atoms with Crippen LogP contribution in [0.5, 0.6) is 5.75 Å². The lowest BCUT2D eigenvalue weighted by molar-refractivity contribution is -0.132. The number of rotatable bonds is 3. The average Bonchev–Trinajstić information content (AvgIpc) is 2.91. The zero-order valence-corrected chi connectivity index (χ0v) is 15.4. The molecular weight excluding hydrogens is 408 g/mol. The largest absolute Gasteiger partial charge is 0.426 e. The Morgan fingerprint density at radius 1 is 1.20 bits per heavy atom. The zero-order valence-electron chi connectivity index (χ0n) is 13.1. The minimum absolute atomic E-state index is 0.322. The normalized spacial score (nSPS) is 15.1. The van der Waals surface area contributed by atoms with Crippen molar-refractivity contribution in [3.05, 3.63) is 74.7 Å². The molecule has 3 rings (SSSR count). The van der Waals surface area contributed by atoms with Crippen LogP contribution >= 0.6 is 27.5 Å². The number of cyclic esters (lactones) is 1. The van der Waals surface area contributed by atoms with E-state index in [0.717, 1.165) is 10.0 Å². The third kappa shape index (κ3) is 4.18. The second kappa shape index (κ2) is 7.25. The SMILES string of the molecule is CC(=O)Oc1ccc(Cl)cc1/C=C1\C=C(c2ccc(Br)cc2)OC1=O. The van der Waals surface area contributed by atoms with E-state index in [1.54, 1.807) is 30.4 Å². The zero-order chi connectivity index (χ0) is 18.0. The van der Waals surface area contributed by atoms with Crippen molar-refractivity contribution in [2.45, 2.75) is 6.92 Å². The van der Waals surface area contributed by atoms with Gasteiger partial charge in [-0.15, -0.1) is 0 Å². The van der Waals surface area contributed by atoms with Crippen LogP contribution in [0.15, 0.2) is 58.6 Å². The van der Waals surface area contributed by atoms with Gasteiger partial charge in [-0.05, 0) is 42.5 Å². The number of hydrogen-bond acceptors (Lipinski definition) is 4. The standard InChI is InChI=1S/C19H12BrClO4/c1-11(22)24-17-7-6-16(21)9-13(17)8-14-10-18(25-19(14)23)12-2-4-15(20)5-3-12/h2-10H,1H3/b14-8+. The van der Waals surface area contributed by atoms with E-state index in [9.17, 15) is 9.59 Å². The molecule has 6 heteroatoms. The van der Waals surface area contributed by atoms with Crippen molar-refractivity contribution in [1.29, 1.82) is 0 Å². The lowest BCUT2D eigenvalue weighted by Crippen LogP contribution is -2.03. The maximum absolute atomic E-state index is 12.2. The van der Waals surface area contributed by atoms with Gasteiger partial charge in [0.1, 0.15) is 11.5 Å². The van der Waals surface area contributed by atoms with Crippen LogP contribution in [-0.4, -0.2) is 11.9 Å². The fraction of sp³-hybridized carbons (Fsp3) is 0.0526. The van der Waals surface area contributed by atoms with Crippen molar-refractivity contribution in [3.63, 3.8) is 0 Å². The first-order chi connectivity index (χ1) is 11.9. The van der Waals surface area contributed by atoms with Gasteiger partial charge in [-0.2, -0.15) is 0 Å². The molecule has 25 heavy (non-hydrogen) atoms. The first-order valence-electron chi connectivity index (χ1n) is 7.32. The van der Waals surface area contributed by atoms with Crippen LogP contribution in [0.2, 0.25) is 5.02 Å². The fourth-order valence-electron chi connectivity index (χ4n) is 2.29. The molecule has 2 aromatic carbocycles. The minimum Gasteiger partial charge on any atom is -0.426 e. The van der Waals surface area contributed by atoms with Gasteiger partial charge in [0.15, 0.2) is 0 Å². The predicted octanol–water partition coefficient (Wildman–Crippen LogP) is 5.01. The number of hydrogen-bond donors (Lipinski definition) is 0. The van der Waals surface area contributed by atoms with Gasteiger partial charge in [0, 0.05) is 27.5 Å². The second-order valence-electron chi connectivity index (χ2n) is 5.28. The Morgan fingerprint density at radius 2 is 1.92 bits per heavy atom. The van der Waals surface area contributed by atoms with Gasteiger partial charge < -0.3 is 9.47 Å². The number of carbonyl (C=O) groups is 2. The third-order valence-corrected chi connectivity index (χ3v) is 4.15. The van der Waals surface area contributed by atoms with E-state index in [-0.39, 0.29) is 0 Å². The first kappa shape index (κ1) is 17.5. The quantitative estimate of drug-likeness (QED) is 0.399. The summed E-state index contributed by atoms with van der Waals surface area (Å²) in [6.07, 6.45) is 3.22. The van der Waals surface area contributed by atoms with Gasteiger partial charge in [-0.3, -0.25) is 4.79 Å². The molecule has 1 aliphatic rings. The summed E-state index contributed by atoms with van der Waals surface area (Å²) in [7, 11) is 0. The van der Waals surface area contributed by atoms with Crippen LogP contribution < -0.4 is 4.74 Å². The van der Waals surface area contributed by atoms with E-state index in [1.807, 2.05) is 24.3 Å². The number of carbonyl (C=O) groups excluding carboxylic acids is 2. The Bertz CT molecular complexity index is 914. The molecule has 126 valence electrons. The van der Waals surface area contributed by atoms with Crippen molar-refractivity contribution in [2.75, 3.05) is 0 Å². The summed E-state index contributed by atoms with van der Waals surface area (Å²) < 4.78 is 11.4. The molecular formula is C19H12BrClO4. The highest BCUT2D eigenvalue weighted by Gasteiger charge is 2.22. The summed E-state index contributed by atoms with van der Waals surface area (Å²) in [5.41, 5.74) is 1.64. The van der Waals surface area contributed by atoms with Crippen molar-refractivity contribution < 1.29 is 19.1 Å². The Morgan fingerprint density at radius 3 is 2.60 bits per heavy atom. The van der Waals surface area contributed by atoms with Crippen LogP contribution in [0.1, 0.15) is 18.1 Å². The minimum atomic E-state index is -0.480. The molecule has 2 aromatic rings. The van der Waals surface area contributed by atoms with E-state index < -0.39 is 11.9 Å². The van der Waals surface area contributed by atoms with Gasteiger partial charge in [-0.25, -0.2) is 4.79 Å². The monoisotopic (exact) mass is 418 g/mol. The van der Waals surface area contributed by atoms with Crippen molar-refractivity contribution >= 4 is 51.3 Å². The molecule has 0 aliphatic carbocycles. The van der Waals surface area contributed by atoms with Gasteiger partial charge in [0.25, 0.3) is 0 Å². The van der Waals surface area contributed by atoms with Gasteiger partial charge in [0.2, 0.25) is 0 Å². The molecule has 0 saturated carbocycles. The molecule has 0 N–H and O–H groups in total. The van der Waals surface area contributed by atoms with E-state index in [2.05, 4.69) is 15.9 Å². The molecule has 1 heterocycles. The highest BCUT2D eigenvalue weighted by atomic mass is 79.9. The maximum Gasteiger partial charge on any atom is 0.343 e. The predicted molar refractivity (Wildman–Crippen MR) is 98.9 cm³/mol. The molecule has 0 saturated heterocycles. The molecule has 0 atom stereocenters. The lowest BCUT2D eigenvalue weighted by Gasteiger charge is -2.06. The Kier molecular flexibility index (Phi) is 5.06. The maximum atomic E-state index is 12.2. The van der Waals surface area contributed by atoms with Crippen molar-refractivity contribution in [3.8, 4) is 5.75 Å². The lowest BCUT2D eigenvalue weighted by atomic mass is 10.1. The van der Waals surface area contributed by atoms with Gasteiger partial charge >= 0.3 is 11.9 Å². The summed E-state index contributed by atoms with van der Waals surface area (Å²) in [6.45, 7) is 1.31. The summed E-state index contributed by atoms with van der Waals surface area (Å²) in [4.78, 5) is 23.4. The second-order valence-corrected chi connectivity index (χ2v) is 6.63. The third-order valence-electron chi connectivity index (χ3n) is 3.39. The molecule has 1 aliphatic heterocycles. The Hall–Kier alpha value is -2.37. The number of benzene rings is 2. The van der Waals surface area contributed by atoms with Crippen molar-refractivity contribution in [2.24, 2.45) is 0 Å². The topological polar surface area (TPSA) is 52.6 Å². The van der Waals surface area contributed by atoms with E-state index >= 15 is 0 Å². The van der Waals surface area contributed by atoms with Crippen LogP contribution in [0, 0.1) is 0 Å². The highest BCUT2D eigenvalue weighted by molar-refractivity contribution is 9.10. The molecule has 0 radical (unpaired) electrons. The van der Waals surface area contributed by atoms with Crippen molar-refractivity contribution in [1.82, 2.24) is 0 Å². The van der Waals surface area contributed by atoms with E-state index in [1.165, 1.54) is 6.92 Å². The number of esters is 2. The Balaban J connectivity index is 1.98. The molecule has 0 spiro atoms. The van der Waals surface area contributed by atoms with Gasteiger partial charge in [-0.1, -0.05) is 39.7 Å². The van der Waals surface area contributed by atoms with E-state index in [4.69, 9.17) is 21.1 Å². The molecule has 0 unspecified atom stereocenters. The van der Waals surface area contributed by atoms with Crippen LogP contribution in [0.25, 0.3) is 11.8 Å². The smallest absolute Gasteiger partial charge is 0.343 e. The Labute approximate surface area is 157 Å². The van der Waals surface area contributed by atoms with Crippen LogP contribution in [-0.2, 0) is 14.3 Å². The summed E-state index contributed by atoms with van der Waals surface area (Å²) in [5, 5.41) is 0.464. The number of ether oxygens (including phenoxy) is 2. The van der Waals surface area contributed by atoms with Crippen LogP contribution in [0.4, 0.5) is 0 Å². The fourth-order valence-corrected chi connectivity index (χ4v) is 2.74. The summed E-state index contributed by atoms with van der Waals surface area (Å²) in [6, 6.07) is 12.2. The molecule has 0 bridgehead atoms. The summed E-state index contributed by atoms with van der Waals surface area (Å²) >= 11 is 9.37. The highest BCUT2D eigenvalue weighted by Crippen LogP contribution is 2.31. The number of halogens is 2. The van der Waals surface area contributed by atoms with Crippen LogP contribution in [0.3, 0.4) is 0 Å². The van der Waals surface area contributed by atoms with E-state index in [0.29, 0.717) is 27.7 Å². The summed E-state index contributed by atoms with van der Waals surface area (Å²) in [5.74, 6) is -0.156. The molecule has 0 aromatic heterocycles. The molecule has 0 fully saturated rings. The molecule has 0 amide bonds. The molecule has 4 nitrogen and oxygen atoms in total.